The summed E-state index contributed by atoms with van der Waals surface area (Å²) in [6.45, 7) is 14.5. The molecule has 0 aromatic carbocycles. The predicted octanol–water partition coefficient (Wildman–Crippen LogP) is 3.37. The lowest BCUT2D eigenvalue weighted by molar-refractivity contribution is 0.438. The van der Waals surface area contributed by atoms with Gasteiger partial charge in [-0.05, 0) is 12.6 Å². The lowest BCUT2D eigenvalue weighted by atomic mass is 10.2. The highest BCUT2D eigenvalue weighted by Gasteiger charge is 2.33. The third kappa shape index (κ3) is 3.74. The van der Waals surface area contributed by atoms with Gasteiger partial charge in [0.25, 0.3) is 0 Å². The van der Waals surface area contributed by atoms with Crippen LogP contribution in [0.2, 0.25) is 0 Å². The number of rotatable bonds is 5. The summed E-state index contributed by atoms with van der Waals surface area (Å²) in [4.78, 5) is 0. The van der Waals surface area contributed by atoms with E-state index in [1.807, 2.05) is 6.66 Å². The van der Waals surface area contributed by atoms with E-state index in [0.29, 0.717) is 12.0 Å². The molecule has 0 aromatic rings. The van der Waals surface area contributed by atoms with Crippen molar-refractivity contribution in [1.29, 1.82) is 0 Å². The fourth-order valence-corrected chi connectivity index (χ4v) is 4.02. The molecule has 2 unspecified atom stereocenters. The Balaban J connectivity index is 4.74. The first kappa shape index (κ1) is 14.2. The van der Waals surface area contributed by atoms with E-state index in [1.54, 1.807) is 0 Å². The molecule has 0 aliphatic heterocycles. The Morgan fingerprint density at radius 1 is 1.00 bits per heavy atom. The van der Waals surface area contributed by atoms with Gasteiger partial charge in [-0.3, -0.25) is 0 Å². The Hall–Kier alpha value is 0.190. The topological polar surface area (TPSA) is 29.1 Å². The highest BCUT2D eigenvalue weighted by Crippen LogP contribution is 2.52. The first-order valence-electron chi connectivity index (χ1n) is 5.52. The molecule has 0 spiro atoms. The second-order valence-electron chi connectivity index (χ2n) is 5.16. The van der Waals surface area contributed by atoms with E-state index in [4.69, 9.17) is 0 Å². The molecule has 0 fully saturated rings. The summed E-state index contributed by atoms with van der Waals surface area (Å²) in [6, 6.07) is 0.398. The summed E-state index contributed by atoms with van der Waals surface area (Å²) in [6.07, 6.45) is 0. The molecule has 0 saturated carbocycles. The molecule has 0 heterocycles. The maximum Gasteiger partial charge on any atom is 0.103 e. The monoisotopic (exact) mass is 219 g/mol. The van der Waals surface area contributed by atoms with Crippen LogP contribution in [-0.4, -0.2) is 24.1 Å². The van der Waals surface area contributed by atoms with Crippen LogP contribution >= 0.6 is 7.14 Å². The molecule has 0 bridgehead atoms. The van der Waals surface area contributed by atoms with Crippen LogP contribution in [0.3, 0.4) is 0 Å². The molecular weight excluding hydrogens is 193 g/mol. The van der Waals surface area contributed by atoms with E-state index in [9.17, 15) is 4.57 Å². The molecule has 0 amide bonds. The van der Waals surface area contributed by atoms with Crippen LogP contribution in [-0.2, 0) is 4.57 Å². The lowest BCUT2D eigenvalue weighted by Gasteiger charge is -2.33. The fraction of sp³-hybridized carbons (Fsp3) is 1.00. The summed E-state index contributed by atoms with van der Waals surface area (Å²) in [7, 11) is -2.10. The van der Waals surface area contributed by atoms with Crippen molar-refractivity contribution < 1.29 is 4.57 Å². The normalized spacial score (nSPS) is 19.0. The van der Waals surface area contributed by atoms with E-state index >= 15 is 0 Å². The van der Waals surface area contributed by atoms with Crippen molar-refractivity contribution >= 4 is 7.14 Å². The minimum absolute atomic E-state index is 0.155. The molecule has 14 heavy (non-hydrogen) atoms. The van der Waals surface area contributed by atoms with Crippen molar-refractivity contribution in [1.82, 2.24) is 5.32 Å². The highest BCUT2D eigenvalue weighted by molar-refractivity contribution is 7.64. The molecular formula is C11H26NOP. The van der Waals surface area contributed by atoms with Gasteiger partial charge < -0.3 is 9.88 Å². The van der Waals surface area contributed by atoms with Crippen LogP contribution in [0.4, 0.5) is 0 Å². The zero-order valence-electron chi connectivity index (χ0n) is 10.7. The van der Waals surface area contributed by atoms with Gasteiger partial charge in [0.15, 0.2) is 0 Å². The summed E-state index contributed by atoms with van der Waals surface area (Å²) in [5.41, 5.74) is 0.265. The van der Waals surface area contributed by atoms with Crippen LogP contribution < -0.4 is 5.32 Å². The average molecular weight is 219 g/mol. The van der Waals surface area contributed by atoms with E-state index in [0.717, 1.165) is 0 Å². The molecule has 0 saturated heterocycles. The van der Waals surface area contributed by atoms with Crippen LogP contribution in [0.1, 0.15) is 41.5 Å². The van der Waals surface area contributed by atoms with Crippen molar-refractivity contribution in [3.63, 3.8) is 0 Å². The molecule has 0 aliphatic carbocycles. The second kappa shape index (κ2) is 5.32. The molecule has 0 radical (unpaired) electrons. The lowest BCUT2D eigenvalue weighted by Crippen LogP contribution is -2.39. The van der Waals surface area contributed by atoms with Crippen molar-refractivity contribution in [3.8, 4) is 0 Å². The molecule has 0 rings (SSSR count). The molecule has 86 valence electrons. The predicted molar refractivity (Wildman–Crippen MR) is 65.6 cm³/mol. The van der Waals surface area contributed by atoms with Crippen LogP contribution in [0, 0.1) is 5.92 Å². The molecule has 2 atom stereocenters. The Labute approximate surface area is 89.2 Å². The van der Waals surface area contributed by atoms with Crippen molar-refractivity contribution in [2.24, 2.45) is 5.92 Å². The number of nitrogens with one attached hydrogen (secondary N) is 1. The van der Waals surface area contributed by atoms with Gasteiger partial charge in [0, 0.05) is 11.7 Å². The van der Waals surface area contributed by atoms with E-state index in [-0.39, 0.29) is 11.4 Å². The summed E-state index contributed by atoms with van der Waals surface area (Å²) < 4.78 is 12.5. The van der Waals surface area contributed by atoms with Crippen LogP contribution in [0.25, 0.3) is 0 Å². The van der Waals surface area contributed by atoms with Gasteiger partial charge in [-0.1, -0.05) is 41.5 Å². The van der Waals surface area contributed by atoms with Gasteiger partial charge in [0.2, 0.25) is 0 Å². The average Bonchev–Trinajstić information content (AvgIpc) is 1.98. The zero-order chi connectivity index (χ0) is 11.5. The van der Waals surface area contributed by atoms with E-state index < -0.39 is 7.14 Å². The van der Waals surface area contributed by atoms with Gasteiger partial charge in [-0.2, -0.15) is 0 Å². The Morgan fingerprint density at radius 2 is 1.43 bits per heavy atom. The van der Waals surface area contributed by atoms with Gasteiger partial charge in [0.1, 0.15) is 7.14 Å². The summed E-state index contributed by atoms with van der Waals surface area (Å²) >= 11 is 0. The summed E-state index contributed by atoms with van der Waals surface area (Å²) in [5, 5.41) is 3.44. The highest BCUT2D eigenvalue weighted by atomic mass is 31.2. The van der Waals surface area contributed by atoms with Gasteiger partial charge >= 0.3 is 0 Å². The fourth-order valence-electron chi connectivity index (χ4n) is 1.60. The number of hydrogen-bond acceptors (Lipinski definition) is 2. The maximum atomic E-state index is 12.5. The molecule has 2 nitrogen and oxygen atoms in total. The smallest absolute Gasteiger partial charge is 0.103 e. The second-order valence-corrected chi connectivity index (χ2v) is 8.87. The number of hydrogen-bond donors (Lipinski definition) is 1. The molecule has 1 N–H and O–H groups in total. The van der Waals surface area contributed by atoms with Gasteiger partial charge in [-0.25, -0.2) is 0 Å². The first-order valence-corrected chi connectivity index (χ1v) is 7.81. The largest absolute Gasteiger partial charge is 0.322 e. The van der Waals surface area contributed by atoms with E-state index in [2.05, 4.69) is 46.9 Å². The van der Waals surface area contributed by atoms with Crippen molar-refractivity contribution in [3.05, 3.63) is 0 Å². The third-order valence-electron chi connectivity index (χ3n) is 2.71. The minimum atomic E-state index is -2.10. The van der Waals surface area contributed by atoms with Crippen LogP contribution in [0.5, 0.6) is 0 Å². The SMILES string of the molecule is CC(C)NC(C(C)C)P(C)(=O)C(C)C. The first-order chi connectivity index (χ1) is 6.19. The maximum absolute atomic E-state index is 12.5. The zero-order valence-corrected chi connectivity index (χ0v) is 11.6. The quantitative estimate of drug-likeness (QED) is 0.718. The Kier molecular flexibility index (Phi) is 5.39. The summed E-state index contributed by atoms with van der Waals surface area (Å²) in [5.74, 6) is 0.582. The van der Waals surface area contributed by atoms with Crippen LogP contribution in [0.15, 0.2) is 0 Å². The van der Waals surface area contributed by atoms with Gasteiger partial charge in [0.05, 0.1) is 5.78 Å². The molecule has 3 heteroatoms. The van der Waals surface area contributed by atoms with Crippen molar-refractivity contribution in [2.75, 3.05) is 6.66 Å². The molecule has 0 aliphatic rings. The molecule has 0 aromatic heterocycles. The standard InChI is InChI=1S/C11H26NOP/c1-8(2)11(12-9(3)4)14(7,13)10(5)6/h8-12H,1-7H3. The minimum Gasteiger partial charge on any atom is -0.322 e. The Morgan fingerprint density at radius 3 is 1.64 bits per heavy atom. The van der Waals surface area contributed by atoms with Crippen molar-refractivity contribution in [2.45, 2.75) is 59.0 Å². The van der Waals surface area contributed by atoms with E-state index in [1.165, 1.54) is 0 Å². The third-order valence-corrected chi connectivity index (χ3v) is 6.61. The Bertz CT molecular complexity index is 211. The van der Waals surface area contributed by atoms with Gasteiger partial charge in [-0.15, -0.1) is 0 Å².